The Labute approximate surface area is 118 Å². The minimum absolute atomic E-state index is 0.102. The van der Waals surface area contributed by atoms with E-state index in [1.165, 1.54) is 23.9 Å². The number of hydrogen-bond acceptors (Lipinski definition) is 4. The summed E-state index contributed by atoms with van der Waals surface area (Å²) in [5, 5.41) is 0. The summed E-state index contributed by atoms with van der Waals surface area (Å²) in [6.45, 7) is 1.75. The maximum absolute atomic E-state index is 13.4. The lowest BCUT2D eigenvalue weighted by atomic mass is 10.3. The van der Waals surface area contributed by atoms with E-state index in [1.807, 2.05) is 0 Å². The van der Waals surface area contributed by atoms with Crippen LogP contribution in [0.5, 0.6) is 5.75 Å². The lowest BCUT2D eigenvalue weighted by Gasteiger charge is -2.14. The Morgan fingerprint density at radius 2 is 2.26 bits per heavy atom. The van der Waals surface area contributed by atoms with Crippen molar-refractivity contribution < 1.29 is 17.9 Å². The lowest BCUT2D eigenvalue weighted by Crippen LogP contribution is -2.08. The van der Waals surface area contributed by atoms with Crippen molar-refractivity contribution in [3.8, 4) is 5.75 Å². The number of benzene rings is 1. The lowest BCUT2D eigenvalue weighted by molar-refractivity contribution is 0.286. The van der Waals surface area contributed by atoms with Gasteiger partial charge >= 0.3 is 0 Å². The molecule has 0 saturated heterocycles. The molecule has 7 heteroatoms. The molecule has 2 aromatic rings. The van der Waals surface area contributed by atoms with E-state index in [0.29, 0.717) is 16.4 Å². The highest BCUT2D eigenvalue weighted by molar-refractivity contribution is 7.98. The third-order valence-corrected chi connectivity index (χ3v) is 3.46. The van der Waals surface area contributed by atoms with Crippen molar-refractivity contribution in [2.24, 2.45) is 0 Å². The van der Waals surface area contributed by atoms with E-state index in [0.717, 1.165) is 6.07 Å². The minimum Gasteiger partial charge on any atom is -0.477 e. The van der Waals surface area contributed by atoms with Gasteiger partial charge in [0.05, 0.1) is 5.75 Å². The SMILES string of the molecule is CC(Oc1cccc(F)c1F)SCc1c[nH]c(=S)o1. The Bertz CT molecular complexity index is 612. The summed E-state index contributed by atoms with van der Waals surface area (Å²) in [7, 11) is 0. The number of aromatic amines is 1. The molecule has 1 atom stereocenters. The summed E-state index contributed by atoms with van der Waals surface area (Å²) in [4.78, 5) is 3.05. The van der Waals surface area contributed by atoms with Crippen LogP contribution in [-0.4, -0.2) is 10.4 Å². The van der Waals surface area contributed by atoms with E-state index < -0.39 is 11.6 Å². The smallest absolute Gasteiger partial charge is 0.266 e. The van der Waals surface area contributed by atoms with Gasteiger partial charge in [-0.3, -0.25) is 0 Å². The van der Waals surface area contributed by atoms with Gasteiger partial charge in [-0.1, -0.05) is 6.07 Å². The van der Waals surface area contributed by atoms with Crippen molar-refractivity contribution in [2.45, 2.75) is 18.1 Å². The molecule has 2 rings (SSSR count). The van der Waals surface area contributed by atoms with Crippen molar-refractivity contribution >= 4 is 24.0 Å². The molecule has 3 nitrogen and oxygen atoms in total. The number of nitrogens with one attached hydrogen (secondary N) is 1. The second-order valence-corrected chi connectivity index (χ2v) is 5.35. The van der Waals surface area contributed by atoms with Crippen molar-refractivity contribution in [2.75, 3.05) is 0 Å². The van der Waals surface area contributed by atoms with Crippen LogP contribution in [0.3, 0.4) is 0 Å². The highest BCUT2D eigenvalue weighted by atomic mass is 32.2. The van der Waals surface area contributed by atoms with Crippen LogP contribution >= 0.6 is 24.0 Å². The molecule has 1 N–H and O–H groups in total. The Morgan fingerprint density at radius 1 is 1.47 bits per heavy atom. The average molecular weight is 303 g/mol. The first-order valence-corrected chi connectivity index (χ1v) is 6.91. The topological polar surface area (TPSA) is 38.2 Å². The van der Waals surface area contributed by atoms with Gasteiger partial charge in [0.25, 0.3) is 4.84 Å². The van der Waals surface area contributed by atoms with E-state index in [1.54, 1.807) is 13.1 Å². The third-order valence-electron chi connectivity index (χ3n) is 2.24. The molecule has 1 unspecified atom stereocenters. The van der Waals surface area contributed by atoms with Crippen LogP contribution in [0.1, 0.15) is 12.7 Å². The summed E-state index contributed by atoms with van der Waals surface area (Å²) >= 11 is 6.18. The van der Waals surface area contributed by atoms with E-state index >= 15 is 0 Å². The van der Waals surface area contributed by atoms with Crippen LogP contribution in [0.2, 0.25) is 0 Å². The molecule has 0 fully saturated rings. The molecule has 1 aromatic carbocycles. The second-order valence-electron chi connectivity index (χ2n) is 3.69. The summed E-state index contributed by atoms with van der Waals surface area (Å²) in [5.41, 5.74) is -0.352. The summed E-state index contributed by atoms with van der Waals surface area (Å²) in [5.74, 6) is -0.814. The average Bonchev–Trinajstić information content (AvgIpc) is 2.78. The molecule has 1 aromatic heterocycles. The van der Waals surface area contributed by atoms with Crippen molar-refractivity contribution in [1.29, 1.82) is 0 Å². The number of halogens is 2. The van der Waals surface area contributed by atoms with Gasteiger partial charge in [-0.05, 0) is 31.3 Å². The van der Waals surface area contributed by atoms with Gasteiger partial charge in [-0.15, -0.1) is 11.8 Å². The number of ether oxygens (including phenoxy) is 1. The molecular formula is C12H11F2NO2S2. The standard InChI is InChI=1S/C12H11F2NO2S2/c1-7(19-6-8-5-15-12(18)17-8)16-10-4-2-3-9(13)11(10)14/h2-5,7H,6H2,1H3,(H,15,18). The van der Waals surface area contributed by atoms with Crippen molar-refractivity contribution in [1.82, 2.24) is 4.98 Å². The van der Waals surface area contributed by atoms with Crippen LogP contribution in [0.4, 0.5) is 8.78 Å². The third kappa shape index (κ3) is 3.81. The van der Waals surface area contributed by atoms with Gasteiger partial charge in [-0.2, -0.15) is 4.39 Å². The largest absolute Gasteiger partial charge is 0.477 e. The molecule has 1 heterocycles. The zero-order valence-electron chi connectivity index (χ0n) is 9.98. The highest BCUT2D eigenvalue weighted by Crippen LogP contribution is 2.25. The van der Waals surface area contributed by atoms with Gasteiger partial charge in [-0.25, -0.2) is 4.39 Å². The number of hydrogen-bond donors (Lipinski definition) is 1. The van der Waals surface area contributed by atoms with Crippen LogP contribution in [0.25, 0.3) is 0 Å². The number of thioether (sulfide) groups is 1. The number of aromatic nitrogens is 1. The molecule has 0 radical (unpaired) electrons. The summed E-state index contributed by atoms with van der Waals surface area (Å²) < 4.78 is 36.9. The van der Waals surface area contributed by atoms with Crippen LogP contribution in [0.15, 0.2) is 28.8 Å². The normalized spacial score (nSPS) is 12.4. The monoisotopic (exact) mass is 303 g/mol. The van der Waals surface area contributed by atoms with E-state index in [9.17, 15) is 8.78 Å². The minimum atomic E-state index is -0.978. The number of H-pyrrole nitrogens is 1. The molecule has 0 saturated carbocycles. The maximum atomic E-state index is 13.4. The zero-order valence-corrected chi connectivity index (χ0v) is 11.6. The van der Waals surface area contributed by atoms with Gasteiger partial charge in [0, 0.05) is 6.20 Å². The first-order valence-electron chi connectivity index (χ1n) is 5.46. The van der Waals surface area contributed by atoms with Gasteiger partial charge in [0.1, 0.15) is 11.2 Å². The highest BCUT2D eigenvalue weighted by Gasteiger charge is 2.13. The van der Waals surface area contributed by atoms with Crippen molar-refractivity contribution in [3.63, 3.8) is 0 Å². The van der Waals surface area contributed by atoms with Gasteiger partial charge < -0.3 is 14.1 Å². The quantitative estimate of drug-likeness (QED) is 0.661. The maximum Gasteiger partial charge on any atom is 0.266 e. The second kappa shape index (κ2) is 6.21. The molecular weight excluding hydrogens is 292 g/mol. The first-order chi connectivity index (χ1) is 9.06. The Kier molecular flexibility index (Phi) is 4.60. The van der Waals surface area contributed by atoms with E-state index in [-0.39, 0.29) is 11.2 Å². The fraction of sp³-hybridized carbons (Fsp3) is 0.250. The molecule has 0 aliphatic carbocycles. The molecule has 19 heavy (non-hydrogen) atoms. The van der Waals surface area contributed by atoms with Crippen molar-refractivity contribution in [3.05, 3.63) is 46.6 Å². The Hall–Kier alpha value is -1.34. The molecule has 0 spiro atoms. The number of oxazole rings is 1. The zero-order chi connectivity index (χ0) is 13.8. The van der Waals surface area contributed by atoms with E-state index in [4.69, 9.17) is 21.4 Å². The predicted octanol–water partition coefficient (Wildman–Crippen LogP) is 4.27. The van der Waals surface area contributed by atoms with Gasteiger partial charge in [0.15, 0.2) is 11.6 Å². The summed E-state index contributed by atoms with van der Waals surface area (Å²) in [6.07, 6.45) is 1.66. The molecule has 102 valence electrons. The Morgan fingerprint density at radius 3 is 2.95 bits per heavy atom. The Balaban J connectivity index is 1.92. The fourth-order valence-electron chi connectivity index (χ4n) is 1.38. The molecule has 0 amide bonds. The predicted molar refractivity (Wildman–Crippen MR) is 71.6 cm³/mol. The van der Waals surface area contributed by atoms with Crippen LogP contribution in [0, 0.1) is 16.5 Å². The molecule has 0 aliphatic heterocycles. The fourth-order valence-corrected chi connectivity index (χ4v) is 2.25. The van der Waals surface area contributed by atoms with Gasteiger partial charge in [0.2, 0.25) is 5.82 Å². The molecule has 0 aliphatic rings. The number of rotatable bonds is 5. The van der Waals surface area contributed by atoms with Crippen LogP contribution in [-0.2, 0) is 5.75 Å². The first kappa shape index (κ1) is 14.1. The van der Waals surface area contributed by atoms with E-state index in [2.05, 4.69) is 4.98 Å². The summed E-state index contributed by atoms with van der Waals surface area (Å²) in [6, 6.07) is 3.83. The van der Waals surface area contributed by atoms with Crippen LogP contribution < -0.4 is 4.74 Å². The molecule has 0 bridgehead atoms.